The largest absolute Gasteiger partial charge is 0.355 e. The molecule has 0 spiro atoms. The Morgan fingerprint density at radius 1 is 1.12 bits per heavy atom. The molecule has 0 aliphatic rings. The monoisotopic (exact) mass is 455 g/mol. The van der Waals surface area contributed by atoms with Gasteiger partial charge in [-0.15, -0.1) is 11.8 Å². The summed E-state index contributed by atoms with van der Waals surface area (Å²) in [6, 6.07) is 12.5. The summed E-state index contributed by atoms with van der Waals surface area (Å²) < 4.78 is 25.4. The molecular weight excluding hydrogens is 434 g/mol. The first kappa shape index (κ1) is 21.0. The molecule has 2 rings (SSSR count). The minimum atomic E-state index is -3.29. The van der Waals surface area contributed by atoms with E-state index in [2.05, 4.69) is 27.3 Å². The van der Waals surface area contributed by atoms with Crippen molar-refractivity contribution < 1.29 is 13.2 Å². The molecule has 0 aliphatic heterocycles. The third kappa shape index (κ3) is 6.14. The van der Waals surface area contributed by atoms with Crippen LogP contribution in [0.4, 0.5) is 0 Å². The first-order valence-corrected chi connectivity index (χ1v) is 11.7. The summed E-state index contributed by atoms with van der Waals surface area (Å²) in [4.78, 5) is 13.4. The molecule has 0 unspecified atom stereocenters. The lowest BCUT2D eigenvalue weighted by Crippen LogP contribution is -2.27. The predicted molar refractivity (Wildman–Crippen MR) is 110 cm³/mol. The van der Waals surface area contributed by atoms with Crippen molar-refractivity contribution in [1.82, 2.24) is 5.32 Å². The molecule has 26 heavy (non-hydrogen) atoms. The summed E-state index contributed by atoms with van der Waals surface area (Å²) in [7, 11) is -3.29. The van der Waals surface area contributed by atoms with Crippen molar-refractivity contribution >= 4 is 43.4 Å². The second-order valence-corrected chi connectivity index (χ2v) is 9.97. The number of halogens is 1. The fourth-order valence-corrected chi connectivity index (χ4v) is 5.07. The van der Waals surface area contributed by atoms with E-state index in [0.717, 1.165) is 20.5 Å². The number of carbonyl (C=O) groups excluding carboxylic acids is 1. The van der Waals surface area contributed by atoms with Gasteiger partial charge in [0.1, 0.15) is 0 Å². The summed E-state index contributed by atoms with van der Waals surface area (Å²) in [5.74, 6) is 0.245. The number of benzene rings is 2. The number of hydrogen-bond acceptors (Lipinski definition) is 4. The molecule has 0 radical (unpaired) electrons. The van der Waals surface area contributed by atoms with Gasteiger partial charge in [0, 0.05) is 15.9 Å². The van der Waals surface area contributed by atoms with Crippen molar-refractivity contribution in [3.63, 3.8) is 0 Å². The summed E-state index contributed by atoms with van der Waals surface area (Å²) in [6.07, 6.45) is 0.393. The van der Waals surface area contributed by atoms with Gasteiger partial charge in [-0.05, 0) is 55.7 Å². The van der Waals surface area contributed by atoms with Gasteiger partial charge in [-0.1, -0.05) is 34.1 Å². The Morgan fingerprint density at radius 3 is 2.50 bits per heavy atom. The second-order valence-electron chi connectivity index (χ2n) is 5.99. The van der Waals surface area contributed by atoms with E-state index < -0.39 is 9.84 Å². The maximum atomic E-state index is 12.2. The fourth-order valence-electron chi connectivity index (χ4n) is 2.34. The van der Waals surface area contributed by atoms with Gasteiger partial charge in [0.05, 0.1) is 16.4 Å². The average molecular weight is 456 g/mol. The van der Waals surface area contributed by atoms with Crippen molar-refractivity contribution in [2.75, 3.05) is 18.1 Å². The summed E-state index contributed by atoms with van der Waals surface area (Å²) >= 11 is 4.98. The minimum Gasteiger partial charge on any atom is -0.355 e. The maximum absolute atomic E-state index is 12.2. The molecule has 0 saturated carbocycles. The van der Waals surface area contributed by atoms with Gasteiger partial charge >= 0.3 is 0 Å². The molecule has 0 bridgehead atoms. The highest BCUT2D eigenvalue weighted by Gasteiger charge is 2.13. The molecule has 0 saturated heterocycles. The Kier molecular flexibility index (Phi) is 7.73. The Labute approximate surface area is 167 Å². The molecule has 0 atom stereocenters. The minimum absolute atomic E-state index is 0.0233. The molecule has 0 fully saturated rings. The Hall–Kier alpha value is -1.31. The van der Waals surface area contributed by atoms with Gasteiger partial charge in [0.25, 0.3) is 0 Å². The van der Waals surface area contributed by atoms with Gasteiger partial charge in [-0.3, -0.25) is 4.79 Å². The molecule has 2 aromatic rings. The molecule has 0 heterocycles. The van der Waals surface area contributed by atoms with Gasteiger partial charge in [-0.2, -0.15) is 0 Å². The van der Waals surface area contributed by atoms with Crippen LogP contribution >= 0.6 is 27.7 Å². The lowest BCUT2D eigenvalue weighted by atomic mass is 10.2. The number of hydrogen-bond donors (Lipinski definition) is 1. The van der Waals surface area contributed by atoms with Gasteiger partial charge < -0.3 is 5.32 Å². The highest BCUT2D eigenvalue weighted by atomic mass is 79.9. The second kappa shape index (κ2) is 9.58. The van der Waals surface area contributed by atoms with Crippen LogP contribution in [0.2, 0.25) is 0 Å². The smallest absolute Gasteiger partial charge is 0.230 e. The van der Waals surface area contributed by atoms with Crippen LogP contribution in [0.5, 0.6) is 0 Å². The number of thioether (sulfide) groups is 1. The first-order chi connectivity index (χ1) is 12.3. The van der Waals surface area contributed by atoms with E-state index >= 15 is 0 Å². The van der Waals surface area contributed by atoms with Crippen LogP contribution in [-0.2, 0) is 14.6 Å². The van der Waals surface area contributed by atoms with Gasteiger partial charge in [0.15, 0.2) is 9.84 Å². The lowest BCUT2D eigenvalue weighted by Gasteiger charge is -2.09. The average Bonchev–Trinajstić information content (AvgIpc) is 2.61. The summed E-state index contributed by atoms with van der Waals surface area (Å²) in [6.45, 7) is 4.38. The van der Waals surface area contributed by atoms with Gasteiger partial charge in [0.2, 0.25) is 5.91 Å². The number of nitrogens with one attached hydrogen (secondary N) is 1. The summed E-state index contributed by atoms with van der Waals surface area (Å²) in [5, 5.41) is 2.79. The Balaban J connectivity index is 1.75. The van der Waals surface area contributed by atoms with E-state index in [1.165, 1.54) is 11.8 Å². The van der Waals surface area contributed by atoms with E-state index in [1.54, 1.807) is 30.3 Å². The van der Waals surface area contributed by atoms with Crippen LogP contribution < -0.4 is 5.32 Å². The predicted octanol–water partition coefficient (Wildman–Crippen LogP) is 4.14. The number of rotatable bonds is 8. The van der Waals surface area contributed by atoms with E-state index in [0.29, 0.717) is 23.6 Å². The SMILES string of the molecule is Cc1cc(SCC(=O)NCCCS(=O)(=O)c2ccccc2)c(C)cc1Br. The standard InChI is InChI=1S/C19H22BrNO3S2/c1-14-12-18(15(2)11-17(14)20)25-13-19(22)21-9-6-10-26(23,24)16-7-4-3-5-8-16/h3-5,7-8,11-12H,6,9-10,13H2,1-2H3,(H,21,22). The van der Waals surface area contributed by atoms with Crippen LogP contribution in [0.25, 0.3) is 0 Å². The van der Waals surface area contributed by atoms with Crippen LogP contribution in [0.1, 0.15) is 17.5 Å². The van der Waals surface area contributed by atoms with Gasteiger partial charge in [-0.25, -0.2) is 8.42 Å². The fraction of sp³-hybridized carbons (Fsp3) is 0.316. The van der Waals surface area contributed by atoms with Crippen molar-refractivity contribution in [2.45, 2.75) is 30.1 Å². The molecule has 140 valence electrons. The van der Waals surface area contributed by atoms with E-state index in [9.17, 15) is 13.2 Å². The molecule has 1 amide bonds. The van der Waals surface area contributed by atoms with Crippen LogP contribution in [0, 0.1) is 13.8 Å². The molecule has 2 aromatic carbocycles. The maximum Gasteiger partial charge on any atom is 0.230 e. The molecule has 7 heteroatoms. The molecule has 1 N–H and O–H groups in total. The highest BCUT2D eigenvalue weighted by Crippen LogP contribution is 2.28. The molecule has 4 nitrogen and oxygen atoms in total. The van der Waals surface area contributed by atoms with Crippen molar-refractivity contribution in [3.05, 3.63) is 58.1 Å². The highest BCUT2D eigenvalue weighted by molar-refractivity contribution is 9.10. The van der Waals surface area contributed by atoms with E-state index in [-0.39, 0.29) is 11.7 Å². The molecule has 0 aromatic heterocycles. The zero-order chi connectivity index (χ0) is 19.2. The van der Waals surface area contributed by atoms with Crippen LogP contribution in [0.15, 0.2) is 56.7 Å². The van der Waals surface area contributed by atoms with Crippen LogP contribution in [0.3, 0.4) is 0 Å². The molecule has 0 aliphatic carbocycles. The van der Waals surface area contributed by atoms with E-state index in [4.69, 9.17) is 0 Å². The quantitative estimate of drug-likeness (QED) is 0.479. The zero-order valence-corrected chi connectivity index (χ0v) is 18.0. The first-order valence-electron chi connectivity index (χ1n) is 8.23. The van der Waals surface area contributed by atoms with Crippen molar-refractivity contribution in [1.29, 1.82) is 0 Å². The Bertz CT molecular complexity index is 868. The third-order valence-electron chi connectivity index (χ3n) is 3.83. The van der Waals surface area contributed by atoms with E-state index in [1.807, 2.05) is 19.9 Å². The topological polar surface area (TPSA) is 63.2 Å². The number of carbonyl (C=O) groups is 1. The van der Waals surface area contributed by atoms with Crippen LogP contribution in [-0.4, -0.2) is 32.4 Å². The van der Waals surface area contributed by atoms with Crippen molar-refractivity contribution in [3.8, 4) is 0 Å². The number of amides is 1. The number of sulfone groups is 1. The normalized spacial score (nSPS) is 11.3. The zero-order valence-electron chi connectivity index (χ0n) is 14.8. The third-order valence-corrected chi connectivity index (χ3v) is 7.66. The Morgan fingerprint density at radius 2 is 1.81 bits per heavy atom. The van der Waals surface area contributed by atoms with Crippen molar-refractivity contribution in [2.24, 2.45) is 0 Å². The number of aryl methyl sites for hydroxylation is 2. The molecular formula is C19H22BrNO3S2. The lowest BCUT2D eigenvalue weighted by molar-refractivity contribution is -0.118. The summed E-state index contributed by atoms with van der Waals surface area (Å²) in [5.41, 5.74) is 2.25.